The van der Waals surface area contributed by atoms with Crippen LogP contribution in [0.25, 0.3) is 115 Å². The van der Waals surface area contributed by atoms with E-state index in [2.05, 4.69) is 187 Å². The Morgan fingerprint density at radius 3 is 1.52 bits per heavy atom. The predicted molar refractivity (Wildman–Crippen MR) is 260 cm³/mol. The molecule has 4 nitrogen and oxygen atoms in total. The van der Waals surface area contributed by atoms with E-state index in [0.717, 1.165) is 44.6 Å². The van der Waals surface area contributed by atoms with Crippen LogP contribution in [0, 0.1) is 0 Å². The average Bonchev–Trinajstić information content (AvgIpc) is 3.90. The van der Waals surface area contributed by atoms with Gasteiger partial charge in [-0.2, -0.15) is 0 Å². The van der Waals surface area contributed by atoms with Crippen LogP contribution >= 0.6 is 11.3 Å². The Hall–Kier alpha value is -7.99. The first-order valence-corrected chi connectivity index (χ1v) is 21.7. The summed E-state index contributed by atoms with van der Waals surface area (Å²) in [5.41, 5.74) is 13.1. The minimum atomic E-state index is 0.621. The molecule has 0 aliphatic rings. The zero-order chi connectivity index (χ0) is 41.0. The van der Waals surface area contributed by atoms with Crippen molar-refractivity contribution in [1.82, 2.24) is 19.5 Å². The molecule has 0 saturated carbocycles. The lowest BCUT2D eigenvalue weighted by Gasteiger charge is -2.16. The van der Waals surface area contributed by atoms with Gasteiger partial charge in [0.25, 0.3) is 0 Å². The second-order valence-corrected chi connectivity index (χ2v) is 16.6. The first-order valence-electron chi connectivity index (χ1n) is 20.9. The van der Waals surface area contributed by atoms with E-state index in [0.29, 0.717) is 17.5 Å². The van der Waals surface area contributed by atoms with Gasteiger partial charge in [0.1, 0.15) is 0 Å². The molecule has 3 aromatic heterocycles. The van der Waals surface area contributed by atoms with Gasteiger partial charge in [0, 0.05) is 53.3 Å². The van der Waals surface area contributed by atoms with E-state index in [1.807, 2.05) is 47.7 Å². The van der Waals surface area contributed by atoms with Gasteiger partial charge in [-0.25, -0.2) is 15.0 Å². The Balaban J connectivity index is 1.12. The Morgan fingerprint density at radius 2 is 0.823 bits per heavy atom. The zero-order valence-electron chi connectivity index (χ0n) is 33.5. The molecule has 0 N–H and O–H groups in total. The van der Waals surface area contributed by atoms with Crippen molar-refractivity contribution in [2.45, 2.75) is 0 Å². The van der Waals surface area contributed by atoms with Gasteiger partial charge in [-0.3, -0.25) is 0 Å². The summed E-state index contributed by atoms with van der Waals surface area (Å²) in [5.74, 6) is 1.88. The Morgan fingerprint density at radius 1 is 0.306 bits per heavy atom. The van der Waals surface area contributed by atoms with E-state index >= 15 is 0 Å². The molecule has 12 rings (SSSR count). The lowest BCUT2D eigenvalue weighted by atomic mass is 9.90. The van der Waals surface area contributed by atoms with Crippen molar-refractivity contribution in [3.8, 4) is 73.2 Å². The minimum absolute atomic E-state index is 0.621. The van der Waals surface area contributed by atoms with Gasteiger partial charge in [-0.05, 0) is 81.9 Å². The quantitative estimate of drug-likeness (QED) is 0.161. The number of hydrogen-bond donors (Lipinski definition) is 0. The van der Waals surface area contributed by atoms with Gasteiger partial charge in [0.05, 0.1) is 11.0 Å². The van der Waals surface area contributed by atoms with Crippen LogP contribution in [0.3, 0.4) is 0 Å². The summed E-state index contributed by atoms with van der Waals surface area (Å²) in [6.07, 6.45) is 0. The molecule has 290 valence electrons. The van der Waals surface area contributed by atoms with Crippen molar-refractivity contribution in [1.29, 1.82) is 0 Å². The van der Waals surface area contributed by atoms with E-state index in [-0.39, 0.29) is 0 Å². The molecule has 62 heavy (non-hydrogen) atoms. The SMILES string of the molecule is c1ccc(-c2nc(-c3ccccc3)nc(-c3cc(-c4ccccc4-c4ccccc4)ccc3-c3ccc4sc5ccc6c(c7ccccc7n6-c6ccccc6)c5c4c3)n2)cc1. The highest BCUT2D eigenvalue weighted by atomic mass is 32.1. The molecule has 0 bridgehead atoms. The van der Waals surface area contributed by atoms with Gasteiger partial charge in [0.15, 0.2) is 17.5 Å². The maximum Gasteiger partial charge on any atom is 0.164 e. The van der Waals surface area contributed by atoms with Crippen molar-refractivity contribution in [2.75, 3.05) is 0 Å². The first kappa shape index (κ1) is 35.9. The topological polar surface area (TPSA) is 43.6 Å². The second kappa shape index (κ2) is 14.9. The number of fused-ring (bicyclic) bond motifs is 7. The summed E-state index contributed by atoms with van der Waals surface area (Å²) >= 11 is 1.85. The van der Waals surface area contributed by atoms with Crippen LogP contribution < -0.4 is 0 Å². The summed E-state index contributed by atoms with van der Waals surface area (Å²) in [6.45, 7) is 0. The molecular formula is C57H36N4S. The molecule has 0 aliphatic carbocycles. The van der Waals surface area contributed by atoms with Crippen LogP contribution in [0.1, 0.15) is 0 Å². The van der Waals surface area contributed by atoms with Crippen LogP contribution in [0.2, 0.25) is 0 Å². The molecule has 5 heteroatoms. The Labute approximate surface area is 362 Å². The smallest absolute Gasteiger partial charge is 0.164 e. The van der Waals surface area contributed by atoms with Crippen molar-refractivity contribution < 1.29 is 0 Å². The highest BCUT2D eigenvalue weighted by molar-refractivity contribution is 7.26. The van der Waals surface area contributed by atoms with Crippen LogP contribution in [-0.2, 0) is 0 Å². The molecule has 12 aromatic rings. The molecule has 0 unspecified atom stereocenters. The van der Waals surface area contributed by atoms with E-state index in [4.69, 9.17) is 15.0 Å². The minimum Gasteiger partial charge on any atom is -0.309 e. The van der Waals surface area contributed by atoms with E-state index in [1.54, 1.807) is 0 Å². The summed E-state index contributed by atoms with van der Waals surface area (Å²) in [5, 5.41) is 5.04. The number of para-hydroxylation sites is 2. The number of benzene rings is 9. The fourth-order valence-corrected chi connectivity index (χ4v) is 10.1. The van der Waals surface area contributed by atoms with Crippen LogP contribution in [0.4, 0.5) is 0 Å². The second-order valence-electron chi connectivity index (χ2n) is 15.5. The van der Waals surface area contributed by atoms with Crippen molar-refractivity contribution in [2.24, 2.45) is 0 Å². The normalized spacial score (nSPS) is 11.5. The maximum atomic E-state index is 5.29. The fourth-order valence-electron chi connectivity index (χ4n) is 9.03. The highest BCUT2D eigenvalue weighted by Crippen LogP contribution is 2.46. The van der Waals surface area contributed by atoms with E-state index in [1.165, 1.54) is 53.1 Å². The van der Waals surface area contributed by atoms with Gasteiger partial charge in [0.2, 0.25) is 0 Å². The molecule has 0 aliphatic heterocycles. The molecule has 3 heterocycles. The predicted octanol–water partition coefficient (Wildman–Crippen LogP) is 15.3. The molecule has 0 amide bonds. The first-order chi connectivity index (χ1) is 30.7. The van der Waals surface area contributed by atoms with Crippen molar-refractivity contribution in [3.05, 3.63) is 218 Å². The van der Waals surface area contributed by atoms with Gasteiger partial charge >= 0.3 is 0 Å². The van der Waals surface area contributed by atoms with E-state index in [9.17, 15) is 0 Å². The van der Waals surface area contributed by atoms with Gasteiger partial charge in [-0.15, -0.1) is 11.3 Å². The third-order valence-electron chi connectivity index (χ3n) is 11.9. The lowest BCUT2D eigenvalue weighted by Crippen LogP contribution is -2.01. The Bertz CT molecular complexity index is 3560. The van der Waals surface area contributed by atoms with Crippen LogP contribution in [0.15, 0.2) is 218 Å². The number of hydrogen-bond acceptors (Lipinski definition) is 4. The Kier molecular flexibility index (Phi) is 8.65. The molecule has 0 saturated heterocycles. The van der Waals surface area contributed by atoms with Gasteiger partial charge in [-0.1, -0.05) is 170 Å². The highest BCUT2D eigenvalue weighted by Gasteiger charge is 2.21. The molecule has 9 aromatic carbocycles. The van der Waals surface area contributed by atoms with E-state index < -0.39 is 0 Å². The monoisotopic (exact) mass is 808 g/mol. The van der Waals surface area contributed by atoms with Crippen LogP contribution in [0.5, 0.6) is 0 Å². The summed E-state index contributed by atoms with van der Waals surface area (Å²) in [4.78, 5) is 15.6. The molecule has 0 spiro atoms. The number of nitrogens with zero attached hydrogens (tertiary/aromatic N) is 4. The number of thiophene rings is 1. The zero-order valence-corrected chi connectivity index (χ0v) is 34.3. The fraction of sp³-hybridized carbons (Fsp3) is 0. The average molecular weight is 809 g/mol. The standard InChI is InChI=1S/C57H36N4S/c1-5-17-37(18-6-1)43-25-13-14-26-44(43)40-29-31-45(47(35-40)57-59-55(38-19-7-2-8-20-38)58-56(60-57)39-21-9-3-10-22-39)41-30-33-51-48(36-41)54-52(62-51)34-32-50-53(54)46-27-15-16-28-49(46)61(50)42-23-11-4-12-24-42/h1-36H. The maximum absolute atomic E-state index is 5.29. The number of aromatic nitrogens is 4. The molecule has 0 radical (unpaired) electrons. The van der Waals surface area contributed by atoms with Crippen LogP contribution in [-0.4, -0.2) is 19.5 Å². The summed E-state index contributed by atoms with van der Waals surface area (Å²) in [7, 11) is 0. The summed E-state index contributed by atoms with van der Waals surface area (Å²) in [6, 6.07) is 77.4. The number of rotatable bonds is 7. The third kappa shape index (κ3) is 6.09. The molecule has 0 fully saturated rings. The largest absolute Gasteiger partial charge is 0.309 e. The molecular weight excluding hydrogens is 773 g/mol. The third-order valence-corrected chi connectivity index (χ3v) is 13.0. The van der Waals surface area contributed by atoms with Crippen molar-refractivity contribution >= 4 is 53.3 Å². The van der Waals surface area contributed by atoms with Gasteiger partial charge < -0.3 is 4.57 Å². The molecule has 0 atom stereocenters. The summed E-state index contributed by atoms with van der Waals surface area (Å²) < 4.78 is 4.92. The van der Waals surface area contributed by atoms with Crippen molar-refractivity contribution in [3.63, 3.8) is 0 Å². The lowest BCUT2D eigenvalue weighted by molar-refractivity contribution is 1.07.